The Balaban J connectivity index is 1.64. The third-order valence-corrected chi connectivity index (χ3v) is 6.40. The van der Waals surface area contributed by atoms with Gasteiger partial charge in [-0.3, -0.25) is 24.6 Å². The summed E-state index contributed by atoms with van der Waals surface area (Å²) in [6, 6.07) is 14.2. The molecule has 2 aromatic rings. The number of imide groups is 1. The van der Waals surface area contributed by atoms with E-state index in [1.807, 2.05) is 48.7 Å². The summed E-state index contributed by atoms with van der Waals surface area (Å²) in [4.78, 5) is 39.4. The Hall–Kier alpha value is -2.57. The maximum Gasteiger partial charge on any atom is 0.237 e. The zero-order valence-corrected chi connectivity index (χ0v) is 15.8. The van der Waals surface area contributed by atoms with E-state index in [2.05, 4.69) is 21.2 Å². The van der Waals surface area contributed by atoms with E-state index in [0.717, 1.165) is 20.5 Å². The average molecular weight is 424 g/mol. The predicted octanol–water partition coefficient (Wildman–Crippen LogP) is 1.51. The van der Waals surface area contributed by atoms with Crippen LogP contribution in [0.5, 0.6) is 0 Å². The molecule has 5 rings (SSSR count). The van der Waals surface area contributed by atoms with Gasteiger partial charge >= 0.3 is 0 Å². The standard InChI is InChI=1S/C21H15BrN2O3/c22-13-7-5-12(6-8-13)19(25)18-16-15(20(26)23-21(16)27)17-14-4-2-1-3-11(14)9-10-24(17)18/h1-10,15-18H,(H,23,26,27)/p+1/t15-,16+,17+,18+/m0/s1. The molecule has 0 spiro atoms. The lowest BCUT2D eigenvalue weighted by Crippen LogP contribution is -3.12. The van der Waals surface area contributed by atoms with Gasteiger partial charge in [0.05, 0.1) is 6.20 Å². The van der Waals surface area contributed by atoms with Crippen LogP contribution in [0.1, 0.15) is 27.5 Å². The van der Waals surface area contributed by atoms with Gasteiger partial charge in [-0.2, -0.15) is 0 Å². The normalized spacial score (nSPS) is 30.5. The number of benzene rings is 2. The van der Waals surface area contributed by atoms with E-state index in [0.29, 0.717) is 5.56 Å². The van der Waals surface area contributed by atoms with Crippen LogP contribution in [0.2, 0.25) is 0 Å². The number of ketones is 1. The Morgan fingerprint density at radius 1 is 0.963 bits per heavy atom. The van der Waals surface area contributed by atoms with E-state index < -0.39 is 17.9 Å². The van der Waals surface area contributed by atoms with E-state index in [9.17, 15) is 14.4 Å². The summed E-state index contributed by atoms with van der Waals surface area (Å²) in [5.74, 6) is -1.90. The molecule has 1 unspecified atom stereocenters. The van der Waals surface area contributed by atoms with E-state index in [-0.39, 0.29) is 23.6 Å². The zero-order chi connectivity index (χ0) is 18.7. The lowest BCUT2D eigenvalue weighted by Gasteiger charge is -2.29. The number of carbonyl (C=O) groups excluding carboxylic acids is 3. The largest absolute Gasteiger partial charge is 0.295 e. The molecule has 3 aliphatic heterocycles. The Kier molecular flexibility index (Phi) is 3.67. The quantitative estimate of drug-likeness (QED) is 0.568. The second-order valence-electron chi connectivity index (χ2n) is 7.19. The van der Waals surface area contributed by atoms with Crippen molar-refractivity contribution < 1.29 is 19.3 Å². The molecule has 2 fully saturated rings. The molecule has 134 valence electrons. The molecule has 2 aromatic carbocycles. The van der Waals surface area contributed by atoms with Gasteiger partial charge < -0.3 is 0 Å². The van der Waals surface area contributed by atoms with Crippen molar-refractivity contribution in [2.24, 2.45) is 11.8 Å². The number of fused-ring (bicyclic) bond motifs is 5. The number of carbonyl (C=O) groups is 3. The van der Waals surface area contributed by atoms with Crippen molar-refractivity contribution in [3.8, 4) is 0 Å². The van der Waals surface area contributed by atoms with Crippen molar-refractivity contribution in [1.82, 2.24) is 5.32 Å². The average Bonchev–Trinajstić information content (AvgIpc) is 3.17. The minimum atomic E-state index is -0.649. The molecule has 6 heteroatoms. The van der Waals surface area contributed by atoms with Crippen LogP contribution < -0.4 is 10.2 Å². The van der Waals surface area contributed by atoms with Crippen LogP contribution in [0, 0.1) is 11.8 Å². The van der Waals surface area contributed by atoms with Gasteiger partial charge in [-0.05, 0) is 23.8 Å². The van der Waals surface area contributed by atoms with Gasteiger partial charge in [-0.25, -0.2) is 0 Å². The minimum Gasteiger partial charge on any atom is -0.295 e. The SMILES string of the molecule is O=C1NC(=O)[C@H]2[C@@H]1[C@H](C(=O)c1ccc(Br)cc1)[NH+]1C=Cc3ccccc3[C@H]21. The van der Waals surface area contributed by atoms with Crippen LogP contribution in [0.15, 0.2) is 59.2 Å². The fourth-order valence-electron chi connectivity index (χ4n) is 4.76. The van der Waals surface area contributed by atoms with Crippen LogP contribution in [0.3, 0.4) is 0 Å². The summed E-state index contributed by atoms with van der Waals surface area (Å²) in [5.41, 5.74) is 2.60. The van der Waals surface area contributed by atoms with E-state index in [1.54, 1.807) is 12.1 Å². The lowest BCUT2D eigenvalue weighted by atomic mass is 9.83. The Morgan fingerprint density at radius 3 is 2.44 bits per heavy atom. The molecule has 3 heterocycles. The Labute approximate surface area is 164 Å². The summed E-state index contributed by atoms with van der Waals surface area (Å²) in [5, 5.41) is 2.45. The number of quaternary nitrogens is 1. The fraction of sp³-hybridized carbons (Fsp3) is 0.190. The van der Waals surface area contributed by atoms with Crippen molar-refractivity contribution in [3.05, 3.63) is 75.9 Å². The summed E-state index contributed by atoms with van der Waals surface area (Å²) in [7, 11) is 0. The molecule has 5 nitrogen and oxygen atoms in total. The minimum absolute atomic E-state index is 0.108. The summed E-state index contributed by atoms with van der Waals surface area (Å²) < 4.78 is 0.883. The summed E-state index contributed by atoms with van der Waals surface area (Å²) >= 11 is 3.38. The fourth-order valence-corrected chi connectivity index (χ4v) is 5.02. The van der Waals surface area contributed by atoms with Gasteiger partial charge in [0.2, 0.25) is 17.6 Å². The molecule has 3 aliphatic rings. The molecular formula is C21H16BrN2O3+. The Morgan fingerprint density at radius 2 is 1.67 bits per heavy atom. The van der Waals surface area contributed by atoms with Crippen molar-refractivity contribution in [2.45, 2.75) is 12.1 Å². The first-order chi connectivity index (χ1) is 13.1. The van der Waals surface area contributed by atoms with E-state index in [1.165, 1.54) is 0 Å². The van der Waals surface area contributed by atoms with Gasteiger partial charge in [0.25, 0.3) is 0 Å². The third kappa shape index (κ3) is 2.37. The molecule has 5 atom stereocenters. The predicted molar refractivity (Wildman–Crippen MR) is 102 cm³/mol. The van der Waals surface area contributed by atoms with Crippen molar-refractivity contribution in [1.29, 1.82) is 0 Å². The molecule has 0 aliphatic carbocycles. The summed E-state index contributed by atoms with van der Waals surface area (Å²) in [6.45, 7) is 0. The van der Waals surface area contributed by atoms with Crippen molar-refractivity contribution in [2.75, 3.05) is 0 Å². The molecule has 2 saturated heterocycles. The van der Waals surface area contributed by atoms with Gasteiger partial charge in [0.15, 0.2) is 6.04 Å². The van der Waals surface area contributed by atoms with Gasteiger partial charge in [-0.1, -0.05) is 52.3 Å². The highest BCUT2D eigenvalue weighted by Gasteiger charge is 2.65. The van der Waals surface area contributed by atoms with Crippen LogP contribution in [0.4, 0.5) is 0 Å². The van der Waals surface area contributed by atoms with Gasteiger partial charge in [0.1, 0.15) is 17.9 Å². The molecule has 0 aromatic heterocycles. The number of Topliss-reactive ketones (excluding diaryl/α,β-unsaturated/α-hetero) is 1. The van der Waals surface area contributed by atoms with Crippen molar-refractivity contribution in [3.63, 3.8) is 0 Å². The number of hydrogen-bond acceptors (Lipinski definition) is 3. The zero-order valence-electron chi connectivity index (χ0n) is 14.2. The van der Waals surface area contributed by atoms with Gasteiger partial charge in [-0.15, -0.1) is 0 Å². The first kappa shape index (κ1) is 16.6. The molecule has 0 saturated carbocycles. The maximum atomic E-state index is 13.4. The van der Waals surface area contributed by atoms with Crippen LogP contribution in [-0.4, -0.2) is 23.6 Å². The number of halogens is 1. The van der Waals surface area contributed by atoms with Crippen LogP contribution in [0.25, 0.3) is 6.08 Å². The third-order valence-electron chi connectivity index (χ3n) is 5.87. The number of hydrogen-bond donors (Lipinski definition) is 2. The molecule has 27 heavy (non-hydrogen) atoms. The highest BCUT2D eigenvalue weighted by molar-refractivity contribution is 9.10. The molecule has 2 amide bonds. The van der Waals surface area contributed by atoms with Crippen molar-refractivity contribution >= 4 is 39.6 Å². The molecule has 0 radical (unpaired) electrons. The van der Waals surface area contributed by atoms with E-state index in [4.69, 9.17) is 0 Å². The highest BCUT2D eigenvalue weighted by atomic mass is 79.9. The first-order valence-corrected chi connectivity index (χ1v) is 9.64. The van der Waals surface area contributed by atoms with Gasteiger partial charge in [0, 0.05) is 15.6 Å². The second kappa shape index (κ2) is 5.97. The number of rotatable bonds is 2. The number of amides is 2. The maximum absolute atomic E-state index is 13.4. The first-order valence-electron chi connectivity index (χ1n) is 8.84. The topological polar surface area (TPSA) is 67.7 Å². The van der Waals surface area contributed by atoms with Crippen LogP contribution in [-0.2, 0) is 9.59 Å². The molecular weight excluding hydrogens is 408 g/mol. The molecule has 0 bridgehead atoms. The lowest BCUT2D eigenvalue weighted by molar-refractivity contribution is -0.884. The second-order valence-corrected chi connectivity index (χ2v) is 8.11. The summed E-state index contributed by atoms with van der Waals surface area (Å²) in [6.07, 6.45) is 3.92. The number of nitrogens with one attached hydrogen (secondary N) is 2. The monoisotopic (exact) mass is 423 g/mol. The molecule has 2 N–H and O–H groups in total. The van der Waals surface area contributed by atoms with E-state index >= 15 is 0 Å². The van der Waals surface area contributed by atoms with Crippen LogP contribution >= 0.6 is 15.9 Å². The Bertz CT molecular complexity index is 1010. The highest BCUT2D eigenvalue weighted by Crippen LogP contribution is 2.41. The smallest absolute Gasteiger partial charge is 0.237 e.